The van der Waals surface area contributed by atoms with Crippen molar-refractivity contribution in [2.75, 3.05) is 0 Å². The molecule has 0 amide bonds. The zero-order valence-electron chi connectivity index (χ0n) is 5.47. The van der Waals surface area contributed by atoms with Crippen LogP contribution in [0.25, 0.3) is 0 Å². The van der Waals surface area contributed by atoms with Gasteiger partial charge in [0.2, 0.25) is 0 Å². The standard InChI is InChI=1S/C7H3BClFO/c8-5-3-1-2-4(6(5)10)7(9)11/h1-3H. The molecule has 1 aromatic carbocycles. The van der Waals surface area contributed by atoms with E-state index >= 15 is 0 Å². The Balaban J connectivity index is 3.27. The summed E-state index contributed by atoms with van der Waals surface area (Å²) < 4.78 is 12.8. The predicted octanol–water partition coefficient (Wildman–Crippen LogP) is 0.999. The van der Waals surface area contributed by atoms with Crippen molar-refractivity contribution in [2.24, 2.45) is 0 Å². The number of carbonyl (C=O) groups excluding carboxylic acids is 1. The van der Waals surface area contributed by atoms with E-state index in [9.17, 15) is 9.18 Å². The third kappa shape index (κ3) is 1.60. The van der Waals surface area contributed by atoms with E-state index < -0.39 is 11.1 Å². The fourth-order valence-corrected chi connectivity index (χ4v) is 0.848. The largest absolute Gasteiger partial charge is 0.275 e. The van der Waals surface area contributed by atoms with Gasteiger partial charge in [0.25, 0.3) is 5.24 Å². The zero-order valence-corrected chi connectivity index (χ0v) is 6.23. The molecule has 0 atom stereocenters. The second kappa shape index (κ2) is 3.05. The van der Waals surface area contributed by atoms with E-state index in [4.69, 9.17) is 19.4 Å². The van der Waals surface area contributed by atoms with Crippen molar-refractivity contribution >= 4 is 30.2 Å². The topological polar surface area (TPSA) is 17.1 Å². The van der Waals surface area contributed by atoms with E-state index in [1.165, 1.54) is 18.2 Å². The summed E-state index contributed by atoms with van der Waals surface area (Å²) in [5.74, 6) is -0.757. The summed E-state index contributed by atoms with van der Waals surface area (Å²) in [4.78, 5) is 10.5. The Kier molecular flexibility index (Phi) is 2.30. The van der Waals surface area contributed by atoms with Crippen molar-refractivity contribution in [3.05, 3.63) is 29.6 Å². The lowest BCUT2D eigenvalue weighted by atomic mass is 9.94. The summed E-state index contributed by atoms with van der Waals surface area (Å²) >= 11 is 5.05. The van der Waals surface area contributed by atoms with Gasteiger partial charge in [0.05, 0.1) is 5.56 Å². The molecule has 0 bridgehead atoms. The van der Waals surface area contributed by atoms with Crippen molar-refractivity contribution in [3.8, 4) is 0 Å². The average molecular weight is 168 g/mol. The predicted molar refractivity (Wildman–Crippen MR) is 42.0 cm³/mol. The molecule has 11 heavy (non-hydrogen) atoms. The summed E-state index contributed by atoms with van der Waals surface area (Å²) in [6.07, 6.45) is 0. The molecule has 1 nitrogen and oxygen atoms in total. The van der Waals surface area contributed by atoms with Crippen LogP contribution in [0.4, 0.5) is 4.39 Å². The third-order valence-electron chi connectivity index (χ3n) is 1.24. The van der Waals surface area contributed by atoms with Crippen molar-refractivity contribution in [3.63, 3.8) is 0 Å². The van der Waals surface area contributed by atoms with Crippen molar-refractivity contribution in [1.82, 2.24) is 0 Å². The molecule has 2 radical (unpaired) electrons. The smallest absolute Gasteiger partial charge is 0.255 e. The second-order valence-electron chi connectivity index (χ2n) is 1.98. The third-order valence-corrected chi connectivity index (χ3v) is 1.44. The minimum atomic E-state index is -0.838. The Hall–Kier alpha value is -0.825. The van der Waals surface area contributed by atoms with Gasteiger partial charge in [-0.2, -0.15) is 0 Å². The minimum Gasteiger partial charge on any atom is -0.275 e. The van der Waals surface area contributed by atoms with E-state index in [2.05, 4.69) is 0 Å². The van der Waals surface area contributed by atoms with Crippen LogP contribution in [0.1, 0.15) is 10.4 Å². The quantitative estimate of drug-likeness (QED) is 0.452. The van der Waals surface area contributed by atoms with Crippen LogP contribution in [0.2, 0.25) is 0 Å². The SMILES string of the molecule is [B]c1cccc(C(=O)Cl)c1F. The summed E-state index contributed by atoms with van der Waals surface area (Å²) in [6.45, 7) is 0. The molecule has 0 aromatic heterocycles. The fraction of sp³-hybridized carbons (Fsp3) is 0. The number of halogens is 2. The first-order chi connectivity index (χ1) is 5.13. The normalized spacial score (nSPS) is 9.64. The van der Waals surface area contributed by atoms with E-state index in [1.54, 1.807) is 0 Å². The highest BCUT2D eigenvalue weighted by Gasteiger charge is 2.08. The molecule has 0 N–H and O–H groups in total. The molecule has 0 saturated carbocycles. The summed E-state index contributed by atoms with van der Waals surface area (Å²) in [7, 11) is 5.17. The Morgan fingerprint density at radius 1 is 1.55 bits per heavy atom. The lowest BCUT2D eigenvalue weighted by Crippen LogP contribution is -2.12. The molecule has 0 fully saturated rings. The maximum Gasteiger partial charge on any atom is 0.255 e. The summed E-state index contributed by atoms with van der Waals surface area (Å²) in [5.41, 5.74) is -0.261. The number of rotatable bonds is 1. The first-order valence-electron chi connectivity index (χ1n) is 2.86. The van der Waals surface area contributed by atoms with Crippen LogP contribution in [0, 0.1) is 5.82 Å². The second-order valence-corrected chi connectivity index (χ2v) is 2.33. The van der Waals surface area contributed by atoms with Gasteiger partial charge in [0.15, 0.2) is 0 Å². The number of hydrogen-bond acceptors (Lipinski definition) is 1. The molecule has 0 spiro atoms. The van der Waals surface area contributed by atoms with Gasteiger partial charge in [-0.1, -0.05) is 17.6 Å². The molecule has 54 valence electrons. The molecule has 0 heterocycles. The lowest BCUT2D eigenvalue weighted by Gasteiger charge is -1.98. The molecule has 1 rings (SSSR count). The maximum atomic E-state index is 12.8. The first-order valence-corrected chi connectivity index (χ1v) is 3.24. The van der Waals surface area contributed by atoms with E-state index in [0.29, 0.717) is 0 Å². The molecule has 4 heteroatoms. The zero-order chi connectivity index (χ0) is 8.43. The monoisotopic (exact) mass is 168 g/mol. The van der Waals surface area contributed by atoms with Crippen LogP contribution < -0.4 is 5.46 Å². The highest BCUT2D eigenvalue weighted by Crippen LogP contribution is 2.06. The van der Waals surface area contributed by atoms with Crippen molar-refractivity contribution in [2.45, 2.75) is 0 Å². The van der Waals surface area contributed by atoms with E-state index in [0.717, 1.165) is 0 Å². The average Bonchev–Trinajstić information content (AvgIpc) is 1.94. The fourth-order valence-electron chi connectivity index (χ4n) is 0.702. The summed E-state index contributed by atoms with van der Waals surface area (Å²) in [6, 6.07) is 4.10. The van der Waals surface area contributed by atoms with Crippen LogP contribution in [0.15, 0.2) is 18.2 Å². The highest BCUT2D eigenvalue weighted by atomic mass is 35.5. The van der Waals surface area contributed by atoms with Crippen molar-refractivity contribution in [1.29, 1.82) is 0 Å². The van der Waals surface area contributed by atoms with Gasteiger partial charge in [-0.05, 0) is 17.7 Å². The number of hydrogen-bond donors (Lipinski definition) is 0. The molecule has 0 unspecified atom stereocenters. The Bertz CT molecular complexity index is 300. The van der Waals surface area contributed by atoms with Crippen LogP contribution in [0.3, 0.4) is 0 Å². The van der Waals surface area contributed by atoms with Gasteiger partial charge >= 0.3 is 0 Å². The van der Waals surface area contributed by atoms with Crippen LogP contribution in [-0.2, 0) is 0 Å². The van der Waals surface area contributed by atoms with E-state index in [1.807, 2.05) is 0 Å². The lowest BCUT2D eigenvalue weighted by molar-refractivity contribution is 0.107. The Morgan fingerprint density at radius 2 is 2.18 bits per heavy atom. The molecule has 1 aromatic rings. The molecule has 0 aliphatic heterocycles. The Labute approximate surface area is 69.6 Å². The minimum absolute atomic E-state index is 0.0727. The molecule has 0 saturated heterocycles. The first kappa shape index (κ1) is 8.27. The highest BCUT2D eigenvalue weighted by molar-refractivity contribution is 6.67. The van der Waals surface area contributed by atoms with Crippen LogP contribution in [-0.4, -0.2) is 13.1 Å². The van der Waals surface area contributed by atoms with Gasteiger partial charge in [-0.25, -0.2) is 4.39 Å². The Morgan fingerprint density at radius 3 is 2.64 bits per heavy atom. The van der Waals surface area contributed by atoms with Gasteiger partial charge in [-0.15, -0.1) is 0 Å². The summed E-state index contributed by atoms with van der Waals surface area (Å²) in [5, 5.41) is -0.838. The van der Waals surface area contributed by atoms with Gasteiger partial charge in [0.1, 0.15) is 13.7 Å². The van der Waals surface area contributed by atoms with Crippen molar-refractivity contribution < 1.29 is 9.18 Å². The number of benzene rings is 1. The molecule has 0 aliphatic carbocycles. The van der Waals surface area contributed by atoms with E-state index in [-0.39, 0.29) is 11.0 Å². The maximum absolute atomic E-state index is 12.8. The molecular formula is C7H3BClFO. The van der Waals surface area contributed by atoms with Crippen LogP contribution >= 0.6 is 11.6 Å². The van der Waals surface area contributed by atoms with Gasteiger partial charge < -0.3 is 0 Å². The van der Waals surface area contributed by atoms with Gasteiger partial charge in [-0.3, -0.25) is 4.79 Å². The van der Waals surface area contributed by atoms with Crippen LogP contribution in [0.5, 0.6) is 0 Å². The van der Waals surface area contributed by atoms with Gasteiger partial charge in [0, 0.05) is 0 Å². The molecular weight excluding hydrogens is 165 g/mol. The molecule has 0 aliphatic rings. The number of carbonyl (C=O) groups is 1.